The summed E-state index contributed by atoms with van der Waals surface area (Å²) < 4.78 is 44.0. The number of sulfone groups is 1. The van der Waals surface area contributed by atoms with Crippen molar-refractivity contribution < 1.29 is 22.3 Å². The van der Waals surface area contributed by atoms with Gasteiger partial charge in [-0.1, -0.05) is 13.0 Å². The fourth-order valence-corrected chi connectivity index (χ4v) is 4.86. The molecule has 0 saturated carbocycles. The van der Waals surface area contributed by atoms with Crippen LogP contribution in [0.25, 0.3) is 0 Å². The normalized spacial score (nSPS) is 15.9. The topological polar surface area (TPSA) is 72.5 Å². The molecule has 3 rings (SSSR count). The molecular weight excluding hydrogens is 369 g/mol. The highest BCUT2D eigenvalue weighted by Gasteiger charge is 2.38. The van der Waals surface area contributed by atoms with E-state index in [4.69, 9.17) is 4.74 Å². The van der Waals surface area contributed by atoms with Gasteiger partial charge in [-0.3, -0.25) is 4.79 Å². The maximum atomic E-state index is 13.4. The average molecular weight is 391 g/mol. The Morgan fingerprint density at radius 3 is 2.44 bits per heavy atom. The molecule has 0 atom stereocenters. The molecule has 5 nitrogen and oxygen atoms in total. The standard InChI is InChI=1S/C20H22FNO4S/c1-13-4-6-16(27(24,25)12-20(3)10-26-11-20)9-17(13)19(23)22-15-5-7-18(21)14(2)8-15/h4-9H,10-12H2,1-3H3,(H,22,23). The molecule has 1 aliphatic heterocycles. The minimum Gasteiger partial charge on any atom is -0.380 e. The lowest BCUT2D eigenvalue weighted by molar-refractivity contribution is -0.0870. The van der Waals surface area contributed by atoms with Gasteiger partial charge in [-0.2, -0.15) is 0 Å². The third kappa shape index (κ3) is 4.20. The van der Waals surface area contributed by atoms with Crippen molar-refractivity contribution in [2.75, 3.05) is 24.3 Å². The van der Waals surface area contributed by atoms with Crippen LogP contribution in [0.15, 0.2) is 41.3 Å². The van der Waals surface area contributed by atoms with E-state index in [2.05, 4.69) is 5.32 Å². The molecule has 1 aliphatic rings. The molecule has 1 saturated heterocycles. The molecule has 0 aromatic heterocycles. The van der Waals surface area contributed by atoms with Crippen LogP contribution in [0.2, 0.25) is 0 Å². The summed E-state index contributed by atoms with van der Waals surface area (Å²) in [4.78, 5) is 12.8. The van der Waals surface area contributed by atoms with E-state index >= 15 is 0 Å². The molecule has 7 heteroatoms. The Hall–Kier alpha value is -2.25. The van der Waals surface area contributed by atoms with Crippen LogP contribution < -0.4 is 5.32 Å². The molecule has 0 radical (unpaired) electrons. The molecule has 1 fully saturated rings. The summed E-state index contributed by atoms with van der Waals surface area (Å²) in [7, 11) is -3.55. The van der Waals surface area contributed by atoms with Crippen LogP contribution in [0.5, 0.6) is 0 Å². The number of carbonyl (C=O) groups is 1. The van der Waals surface area contributed by atoms with Crippen molar-refractivity contribution in [3.05, 3.63) is 58.9 Å². The summed E-state index contributed by atoms with van der Waals surface area (Å²) in [6.45, 7) is 6.04. The Bertz CT molecular complexity index is 997. The van der Waals surface area contributed by atoms with E-state index in [0.29, 0.717) is 30.0 Å². The molecule has 1 N–H and O–H groups in total. The SMILES string of the molecule is Cc1cc(NC(=O)c2cc(S(=O)(=O)CC3(C)COC3)ccc2C)ccc1F. The summed E-state index contributed by atoms with van der Waals surface area (Å²) >= 11 is 0. The molecule has 27 heavy (non-hydrogen) atoms. The quantitative estimate of drug-likeness (QED) is 0.847. The average Bonchev–Trinajstić information content (AvgIpc) is 2.56. The number of hydrogen-bond donors (Lipinski definition) is 1. The number of halogens is 1. The van der Waals surface area contributed by atoms with Crippen molar-refractivity contribution in [1.82, 2.24) is 0 Å². The Morgan fingerprint density at radius 1 is 1.15 bits per heavy atom. The minimum atomic E-state index is -3.55. The van der Waals surface area contributed by atoms with E-state index in [1.54, 1.807) is 19.9 Å². The molecule has 0 spiro atoms. The van der Waals surface area contributed by atoms with Crippen molar-refractivity contribution in [2.45, 2.75) is 25.7 Å². The van der Waals surface area contributed by atoms with Crippen LogP contribution in [0.4, 0.5) is 10.1 Å². The van der Waals surface area contributed by atoms with Gasteiger partial charge in [0.1, 0.15) is 5.82 Å². The van der Waals surface area contributed by atoms with Crippen LogP contribution in [-0.4, -0.2) is 33.3 Å². The van der Waals surface area contributed by atoms with Crippen molar-refractivity contribution >= 4 is 21.4 Å². The summed E-state index contributed by atoms with van der Waals surface area (Å²) in [5, 5.41) is 2.70. The van der Waals surface area contributed by atoms with E-state index in [1.165, 1.54) is 30.3 Å². The Kier molecular flexibility index (Phi) is 5.10. The first-order chi connectivity index (χ1) is 12.6. The fraction of sp³-hybridized carbons (Fsp3) is 0.350. The largest absolute Gasteiger partial charge is 0.380 e. The lowest BCUT2D eigenvalue weighted by Gasteiger charge is -2.37. The number of nitrogens with one attached hydrogen (secondary N) is 1. The third-order valence-corrected chi connectivity index (χ3v) is 6.72. The number of hydrogen-bond acceptors (Lipinski definition) is 4. The van der Waals surface area contributed by atoms with Gasteiger partial charge >= 0.3 is 0 Å². The van der Waals surface area contributed by atoms with Gasteiger partial charge in [-0.05, 0) is 55.3 Å². The molecule has 0 unspecified atom stereocenters. The fourth-order valence-electron chi connectivity index (χ4n) is 3.04. The minimum absolute atomic E-state index is 0.0265. The number of aryl methyl sites for hydroxylation is 2. The number of ether oxygens (including phenoxy) is 1. The summed E-state index contributed by atoms with van der Waals surface area (Å²) in [6, 6.07) is 8.82. The van der Waals surface area contributed by atoms with Crippen molar-refractivity contribution in [1.29, 1.82) is 0 Å². The van der Waals surface area contributed by atoms with Crippen LogP contribution in [0, 0.1) is 25.1 Å². The van der Waals surface area contributed by atoms with Gasteiger partial charge in [0.05, 0.1) is 23.9 Å². The maximum absolute atomic E-state index is 13.4. The van der Waals surface area contributed by atoms with Crippen molar-refractivity contribution in [3.63, 3.8) is 0 Å². The molecule has 0 bridgehead atoms. The van der Waals surface area contributed by atoms with E-state index in [-0.39, 0.29) is 22.0 Å². The number of benzene rings is 2. The maximum Gasteiger partial charge on any atom is 0.255 e. The van der Waals surface area contributed by atoms with Gasteiger partial charge in [0.2, 0.25) is 0 Å². The summed E-state index contributed by atoms with van der Waals surface area (Å²) in [5.74, 6) is -0.819. The predicted octanol–water partition coefficient (Wildman–Crippen LogP) is 3.51. The van der Waals surface area contributed by atoms with Gasteiger partial charge in [0, 0.05) is 16.7 Å². The van der Waals surface area contributed by atoms with Gasteiger partial charge < -0.3 is 10.1 Å². The second kappa shape index (κ2) is 7.05. The molecule has 0 aliphatic carbocycles. The number of amides is 1. The Morgan fingerprint density at radius 2 is 1.85 bits per heavy atom. The second-order valence-corrected chi connectivity index (χ2v) is 9.45. The number of carbonyl (C=O) groups excluding carboxylic acids is 1. The zero-order chi connectivity index (χ0) is 19.8. The van der Waals surface area contributed by atoms with Crippen molar-refractivity contribution in [2.24, 2.45) is 5.41 Å². The zero-order valence-electron chi connectivity index (χ0n) is 15.5. The lowest BCUT2D eigenvalue weighted by atomic mass is 9.92. The summed E-state index contributed by atoms with van der Waals surface area (Å²) in [5.41, 5.74) is 1.40. The lowest BCUT2D eigenvalue weighted by Crippen LogP contribution is -2.45. The van der Waals surface area contributed by atoms with Gasteiger partial charge in [0.15, 0.2) is 9.84 Å². The molecule has 2 aromatic carbocycles. The van der Waals surface area contributed by atoms with Crippen LogP contribution in [0.3, 0.4) is 0 Å². The highest BCUT2D eigenvalue weighted by molar-refractivity contribution is 7.91. The Labute approximate surface area is 158 Å². The van der Waals surface area contributed by atoms with Gasteiger partial charge in [0.25, 0.3) is 5.91 Å². The molecule has 1 amide bonds. The molecule has 2 aromatic rings. The zero-order valence-corrected chi connectivity index (χ0v) is 16.3. The first kappa shape index (κ1) is 19.5. The smallest absolute Gasteiger partial charge is 0.255 e. The monoisotopic (exact) mass is 391 g/mol. The molecule has 144 valence electrons. The third-order valence-electron chi connectivity index (χ3n) is 4.67. The summed E-state index contributed by atoms with van der Waals surface area (Å²) in [6.07, 6.45) is 0. The highest BCUT2D eigenvalue weighted by Crippen LogP contribution is 2.31. The van der Waals surface area contributed by atoms with Crippen LogP contribution in [0.1, 0.15) is 28.4 Å². The second-order valence-electron chi connectivity index (χ2n) is 7.46. The predicted molar refractivity (Wildman–Crippen MR) is 101 cm³/mol. The van der Waals surface area contributed by atoms with Crippen LogP contribution >= 0.6 is 0 Å². The van der Waals surface area contributed by atoms with Crippen molar-refractivity contribution in [3.8, 4) is 0 Å². The van der Waals surface area contributed by atoms with Gasteiger partial charge in [-0.15, -0.1) is 0 Å². The number of anilines is 1. The van der Waals surface area contributed by atoms with E-state index in [0.717, 1.165) is 0 Å². The van der Waals surface area contributed by atoms with E-state index in [1.807, 2.05) is 6.92 Å². The van der Waals surface area contributed by atoms with Gasteiger partial charge in [-0.25, -0.2) is 12.8 Å². The highest BCUT2D eigenvalue weighted by atomic mass is 32.2. The first-order valence-corrected chi connectivity index (χ1v) is 10.2. The Balaban J connectivity index is 1.86. The van der Waals surface area contributed by atoms with E-state index < -0.39 is 21.2 Å². The van der Waals surface area contributed by atoms with E-state index in [9.17, 15) is 17.6 Å². The first-order valence-electron chi connectivity index (χ1n) is 8.58. The molecule has 1 heterocycles. The number of rotatable bonds is 5. The molecular formula is C20H22FNO4S. The van der Waals surface area contributed by atoms with Crippen LogP contribution in [-0.2, 0) is 14.6 Å².